The number of hydrogen-bond donors (Lipinski definition) is 4. The quantitative estimate of drug-likeness (QED) is 0.329. The van der Waals surface area contributed by atoms with E-state index in [0.29, 0.717) is 26.4 Å². The maximum Gasteiger partial charge on any atom is 0.0431 e. The van der Waals surface area contributed by atoms with Gasteiger partial charge in [-0.15, -0.1) is 0 Å². The Morgan fingerprint density at radius 1 is 0.227 bits per heavy atom. The van der Waals surface area contributed by atoms with Crippen molar-refractivity contribution in [3.8, 4) is 0 Å². The predicted molar refractivity (Wildman–Crippen MR) is 93.0 cm³/mol. The first-order valence-corrected chi connectivity index (χ1v) is 9.26. The number of unbranched alkanes of at least 4 members (excludes halogenated alkanes) is 12. The van der Waals surface area contributed by atoms with Gasteiger partial charge in [-0.05, 0) is 25.7 Å². The second kappa shape index (κ2) is 25.8. The summed E-state index contributed by atoms with van der Waals surface area (Å²) >= 11 is 0. The Morgan fingerprint density at radius 3 is 0.500 bits per heavy atom. The second-order valence-corrected chi connectivity index (χ2v) is 5.84. The zero-order valence-electron chi connectivity index (χ0n) is 14.5. The lowest BCUT2D eigenvalue weighted by Crippen LogP contribution is -1.85. The number of rotatable bonds is 16. The van der Waals surface area contributed by atoms with Crippen LogP contribution in [0.25, 0.3) is 0 Å². The SMILES string of the molecule is OCCCCCCCCCCO.OCCCCCCCCO. The van der Waals surface area contributed by atoms with Gasteiger partial charge in [0.15, 0.2) is 0 Å². The van der Waals surface area contributed by atoms with Crippen molar-refractivity contribution in [2.24, 2.45) is 0 Å². The zero-order valence-corrected chi connectivity index (χ0v) is 14.5. The van der Waals surface area contributed by atoms with E-state index in [-0.39, 0.29) is 0 Å². The summed E-state index contributed by atoms with van der Waals surface area (Å²) < 4.78 is 0. The van der Waals surface area contributed by atoms with E-state index in [1.54, 1.807) is 0 Å². The molecule has 0 amide bonds. The molecule has 0 rings (SSSR count). The molecular weight excluding hydrogens is 280 g/mol. The lowest BCUT2D eigenvalue weighted by molar-refractivity contribution is 0.275. The van der Waals surface area contributed by atoms with Gasteiger partial charge in [0.2, 0.25) is 0 Å². The molecule has 0 aliphatic carbocycles. The van der Waals surface area contributed by atoms with Gasteiger partial charge in [0, 0.05) is 26.4 Å². The van der Waals surface area contributed by atoms with Crippen molar-refractivity contribution >= 4 is 0 Å². The van der Waals surface area contributed by atoms with Crippen LogP contribution in [0.4, 0.5) is 0 Å². The van der Waals surface area contributed by atoms with Crippen LogP contribution in [0.3, 0.4) is 0 Å². The fourth-order valence-corrected chi connectivity index (χ4v) is 2.21. The highest BCUT2D eigenvalue weighted by atomic mass is 16.3. The minimum absolute atomic E-state index is 0.319. The molecule has 0 unspecified atom stereocenters. The van der Waals surface area contributed by atoms with Crippen molar-refractivity contribution in [1.82, 2.24) is 0 Å². The topological polar surface area (TPSA) is 80.9 Å². The molecule has 136 valence electrons. The molecule has 0 aromatic heterocycles. The van der Waals surface area contributed by atoms with Gasteiger partial charge in [-0.3, -0.25) is 0 Å². The minimum atomic E-state index is 0.319. The lowest BCUT2D eigenvalue weighted by Gasteiger charge is -1.99. The third-order valence-corrected chi connectivity index (χ3v) is 3.63. The highest BCUT2D eigenvalue weighted by Gasteiger charge is 1.90. The summed E-state index contributed by atoms with van der Waals surface area (Å²) in [7, 11) is 0. The van der Waals surface area contributed by atoms with Gasteiger partial charge in [0.05, 0.1) is 0 Å². The number of aliphatic hydroxyl groups is 4. The van der Waals surface area contributed by atoms with Gasteiger partial charge < -0.3 is 20.4 Å². The summed E-state index contributed by atoms with van der Waals surface area (Å²) in [4.78, 5) is 0. The molecule has 4 heteroatoms. The van der Waals surface area contributed by atoms with Crippen LogP contribution >= 0.6 is 0 Å². The van der Waals surface area contributed by atoms with Crippen LogP contribution in [0.1, 0.15) is 89.9 Å². The normalized spacial score (nSPS) is 10.4. The summed E-state index contributed by atoms with van der Waals surface area (Å²) in [5.41, 5.74) is 0. The van der Waals surface area contributed by atoms with Crippen molar-refractivity contribution < 1.29 is 20.4 Å². The van der Waals surface area contributed by atoms with Gasteiger partial charge in [0.25, 0.3) is 0 Å². The summed E-state index contributed by atoms with van der Waals surface area (Å²) in [6, 6.07) is 0. The minimum Gasteiger partial charge on any atom is -0.396 e. The zero-order chi connectivity index (χ0) is 16.7. The van der Waals surface area contributed by atoms with Crippen LogP contribution < -0.4 is 0 Å². The molecule has 0 aromatic carbocycles. The average Bonchev–Trinajstić information content (AvgIpc) is 2.54. The molecule has 0 aromatic rings. The molecule has 0 spiro atoms. The molecule has 22 heavy (non-hydrogen) atoms. The summed E-state index contributed by atoms with van der Waals surface area (Å²) in [5, 5.41) is 33.9. The van der Waals surface area contributed by atoms with E-state index >= 15 is 0 Å². The Kier molecular flexibility index (Phi) is 28.2. The molecule has 4 N–H and O–H groups in total. The van der Waals surface area contributed by atoms with E-state index in [2.05, 4.69) is 0 Å². The van der Waals surface area contributed by atoms with E-state index in [0.717, 1.165) is 51.4 Å². The van der Waals surface area contributed by atoms with Crippen LogP contribution in [0.2, 0.25) is 0 Å². The molecule has 0 aliphatic heterocycles. The van der Waals surface area contributed by atoms with Gasteiger partial charge in [-0.1, -0.05) is 64.2 Å². The smallest absolute Gasteiger partial charge is 0.0431 e. The van der Waals surface area contributed by atoms with Crippen molar-refractivity contribution in [3.05, 3.63) is 0 Å². The molecule has 4 nitrogen and oxygen atoms in total. The first-order valence-electron chi connectivity index (χ1n) is 9.26. The Bertz CT molecular complexity index is 147. The maximum absolute atomic E-state index is 8.51. The summed E-state index contributed by atoms with van der Waals surface area (Å²) in [6.45, 7) is 1.31. The van der Waals surface area contributed by atoms with Crippen LogP contribution in [0, 0.1) is 0 Å². The molecule has 0 fully saturated rings. The summed E-state index contributed by atoms with van der Waals surface area (Å²) in [6.07, 6.45) is 15.8. The third-order valence-electron chi connectivity index (χ3n) is 3.63. The van der Waals surface area contributed by atoms with E-state index in [1.807, 2.05) is 0 Å². The molecule has 0 saturated heterocycles. The van der Waals surface area contributed by atoms with E-state index in [1.165, 1.54) is 38.5 Å². The molecule has 0 radical (unpaired) electrons. The first-order chi connectivity index (χ1) is 10.8. The van der Waals surface area contributed by atoms with Gasteiger partial charge in [-0.2, -0.15) is 0 Å². The summed E-state index contributed by atoms with van der Waals surface area (Å²) in [5.74, 6) is 0. The fourth-order valence-electron chi connectivity index (χ4n) is 2.21. The maximum atomic E-state index is 8.51. The molecule has 0 atom stereocenters. The highest BCUT2D eigenvalue weighted by Crippen LogP contribution is 2.07. The lowest BCUT2D eigenvalue weighted by atomic mass is 10.1. The Hall–Kier alpha value is -0.160. The van der Waals surface area contributed by atoms with Crippen LogP contribution in [0.5, 0.6) is 0 Å². The van der Waals surface area contributed by atoms with Crippen LogP contribution in [-0.2, 0) is 0 Å². The van der Waals surface area contributed by atoms with Crippen LogP contribution in [0.15, 0.2) is 0 Å². The highest BCUT2D eigenvalue weighted by molar-refractivity contribution is 4.46. The van der Waals surface area contributed by atoms with Crippen molar-refractivity contribution in [3.63, 3.8) is 0 Å². The Labute approximate surface area is 137 Å². The monoisotopic (exact) mass is 320 g/mol. The van der Waals surface area contributed by atoms with E-state index in [4.69, 9.17) is 20.4 Å². The largest absolute Gasteiger partial charge is 0.396 e. The Balaban J connectivity index is 0. The van der Waals surface area contributed by atoms with Gasteiger partial charge >= 0.3 is 0 Å². The predicted octanol–water partition coefficient (Wildman–Crippen LogP) is 3.40. The van der Waals surface area contributed by atoms with Crippen molar-refractivity contribution in [2.75, 3.05) is 26.4 Å². The van der Waals surface area contributed by atoms with Crippen LogP contribution in [-0.4, -0.2) is 46.9 Å². The van der Waals surface area contributed by atoms with Gasteiger partial charge in [-0.25, -0.2) is 0 Å². The average molecular weight is 321 g/mol. The Morgan fingerprint density at radius 2 is 0.364 bits per heavy atom. The van der Waals surface area contributed by atoms with Crippen molar-refractivity contribution in [2.45, 2.75) is 89.9 Å². The number of hydrogen-bond acceptors (Lipinski definition) is 4. The third kappa shape index (κ3) is 28.1. The van der Waals surface area contributed by atoms with Crippen molar-refractivity contribution in [1.29, 1.82) is 0 Å². The molecular formula is C18H40O4. The second-order valence-electron chi connectivity index (χ2n) is 5.84. The fraction of sp³-hybridized carbons (Fsp3) is 1.00. The van der Waals surface area contributed by atoms with E-state index in [9.17, 15) is 0 Å². The number of aliphatic hydroxyl groups excluding tert-OH is 4. The molecule has 0 saturated carbocycles. The molecule has 0 aliphatic rings. The first kappa shape index (κ1) is 24.1. The molecule has 0 bridgehead atoms. The molecule has 0 heterocycles. The van der Waals surface area contributed by atoms with Gasteiger partial charge in [0.1, 0.15) is 0 Å². The van der Waals surface area contributed by atoms with E-state index < -0.39 is 0 Å². The standard InChI is InChI=1S/C10H22O2.C8H18O2/c11-9-7-5-3-1-2-4-6-8-10-12;9-7-5-3-1-2-4-6-8-10/h11-12H,1-10H2;9-10H,1-8H2.